The van der Waals surface area contributed by atoms with Gasteiger partial charge in [0.15, 0.2) is 0 Å². The van der Waals surface area contributed by atoms with E-state index in [4.69, 9.17) is 0 Å². The van der Waals surface area contributed by atoms with E-state index in [1.165, 1.54) is 0 Å². The van der Waals surface area contributed by atoms with Gasteiger partial charge in [-0.2, -0.15) is 8.42 Å². The lowest BCUT2D eigenvalue weighted by Gasteiger charge is -1.98. The van der Waals surface area contributed by atoms with Gasteiger partial charge < -0.3 is 0 Å². The van der Waals surface area contributed by atoms with Gasteiger partial charge in [-0.1, -0.05) is 67.7 Å². The van der Waals surface area contributed by atoms with E-state index < -0.39 is 10.1 Å². The first-order chi connectivity index (χ1) is 12.1. The molecule has 0 atom stereocenters. The molecule has 0 bridgehead atoms. The summed E-state index contributed by atoms with van der Waals surface area (Å²) in [5, 5.41) is 0. The van der Waals surface area contributed by atoms with Crippen LogP contribution < -0.4 is 0 Å². The number of hydrogen-bond donors (Lipinski definition) is 0. The van der Waals surface area contributed by atoms with Crippen LogP contribution in [0.2, 0.25) is 0 Å². The highest BCUT2D eigenvalue weighted by molar-refractivity contribution is 7.85. The topological polar surface area (TPSA) is 43.4 Å². The zero-order valence-electron chi connectivity index (χ0n) is 15.8. The van der Waals surface area contributed by atoms with Crippen LogP contribution in [-0.4, -0.2) is 21.3 Å². The van der Waals surface area contributed by atoms with E-state index in [1.807, 2.05) is 0 Å². The highest BCUT2D eigenvalue weighted by Crippen LogP contribution is 2.01. The van der Waals surface area contributed by atoms with E-state index in [0.717, 1.165) is 57.6 Å². The van der Waals surface area contributed by atoms with E-state index in [2.05, 4.69) is 71.9 Å². The molecule has 0 aromatic heterocycles. The third-order valence-electron chi connectivity index (χ3n) is 3.22. The van der Waals surface area contributed by atoms with Crippen molar-refractivity contribution < 1.29 is 12.6 Å². The summed E-state index contributed by atoms with van der Waals surface area (Å²) in [6.07, 6.45) is 30.6. The minimum atomic E-state index is -3.29. The predicted octanol–water partition coefficient (Wildman–Crippen LogP) is 5.88. The van der Waals surface area contributed by atoms with Gasteiger partial charge in [-0.05, 0) is 51.4 Å². The van der Waals surface area contributed by atoms with E-state index in [1.54, 1.807) is 0 Å². The Bertz CT molecular complexity index is 537. The molecule has 0 unspecified atom stereocenters. The zero-order chi connectivity index (χ0) is 18.6. The Hall–Kier alpha value is -1.39. The quantitative estimate of drug-likeness (QED) is 0.206. The van der Waals surface area contributed by atoms with Crippen LogP contribution in [-0.2, 0) is 14.3 Å². The second-order valence-corrected chi connectivity index (χ2v) is 7.37. The second-order valence-electron chi connectivity index (χ2n) is 5.73. The van der Waals surface area contributed by atoms with Crippen molar-refractivity contribution in [1.29, 1.82) is 0 Å². The van der Waals surface area contributed by atoms with Gasteiger partial charge in [0.1, 0.15) is 0 Å². The summed E-state index contributed by atoms with van der Waals surface area (Å²) in [5.74, 6) is 0. The lowest BCUT2D eigenvalue weighted by Crippen LogP contribution is -2.03. The van der Waals surface area contributed by atoms with Gasteiger partial charge in [-0.3, -0.25) is 4.18 Å². The van der Waals surface area contributed by atoms with Gasteiger partial charge in [0, 0.05) is 0 Å². The molecule has 0 rings (SSSR count). The van der Waals surface area contributed by atoms with Crippen LogP contribution in [0.25, 0.3) is 0 Å². The SMILES string of the molecule is CCC=CCC=CCC=CCC=CCC=CCCCCOS(C)(=O)=O. The molecule has 0 aliphatic carbocycles. The Balaban J connectivity index is 3.47. The zero-order valence-corrected chi connectivity index (χ0v) is 16.6. The molecule has 0 fully saturated rings. The van der Waals surface area contributed by atoms with Crippen LogP contribution in [0.4, 0.5) is 0 Å². The molecule has 0 radical (unpaired) electrons. The minimum Gasteiger partial charge on any atom is -0.270 e. The van der Waals surface area contributed by atoms with Crippen molar-refractivity contribution in [3.63, 3.8) is 0 Å². The molecule has 0 N–H and O–H groups in total. The number of unbranched alkanes of at least 4 members (excludes halogenated alkanes) is 2. The number of hydrogen-bond acceptors (Lipinski definition) is 3. The smallest absolute Gasteiger partial charge is 0.264 e. The van der Waals surface area contributed by atoms with Crippen molar-refractivity contribution in [2.75, 3.05) is 12.9 Å². The summed E-state index contributed by atoms with van der Waals surface area (Å²) in [7, 11) is -3.29. The summed E-state index contributed by atoms with van der Waals surface area (Å²) in [6.45, 7) is 2.43. The summed E-state index contributed by atoms with van der Waals surface area (Å²) >= 11 is 0. The lowest BCUT2D eigenvalue weighted by molar-refractivity contribution is 0.312. The summed E-state index contributed by atoms with van der Waals surface area (Å²) in [6, 6.07) is 0. The molecule has 0 aliphatic heterocycles. The Morgan fingerprint density at radius 2 is 1.12 bits per heavy atom. The van der Waals surface area contributed by atoms with Crippen molar-refractivity contribution in [2.45, 2.75) is 58.3 Å². The molecule has 142 valence electrons. The molecule has 4 heteroatoms. The molecule has 0 aromatic carbocycles. The molecule has 0 aromatic rings. The van der Waals surface area contributed by atoms with Crippen molar-refractivity contribution in [2.24, 2.45) is 0 Å². The highest BCUT2D eigenvalue weighted by atomic mass is 32.2. The van der Waals surface area contributed by atoms with Crippen molar-refractivity contribution in [3.8, 4) is 0 Å². The van der Waals surface area contributed by atoms with Crippen LogP contribution in [0.15, 0.2) is 60.8 Å². The van der Waals surface area contributed by atoms with Crippen molar-refractivity contribution >= 4 is 10.1 Å². The fourth-order valence-electron chi connectivity index (χ4n) is 1.94. The maximum Gasteiger partial charge on any atom is 0.264 e. The molecule has 0 spiro atoms. The number of rotatable bonds is 15. The van der Waals surface area contributed by atoms with Gasteiger partial charge in [-0.15, -0.1) is 0 Å². The number of allylic oxidation sites excluding steroid dienone is 10. The molecule has 0 amide bonds. The minimum absolute atomic E-state index is 0.281. The maximum absolute atomic E-state index is 10.8. The van der Waals surface area contributed by atoms with E-state index in [-0.39, 0.29) is 6.61 Å². The van der Waals surface area contributed by atoms with Crippen LogP contribution in [0.5, 0.6) is 0 Å². The first-order valence-corrected chi connectivity index (χ1v) is 11.0. The monoisotopic (exact) mass is 366 g/mol. The fraction of sp³-hybridized carbons (Fsp3) is 0.524. The third-order valence-corrected chi connectivity index (χ3v) is 3.82. The van der Waals surface area contributed by atoms with E-state index in [0.29, 0.717) is 0 Å². The molecular weight excluding hydrogens is 332 g/mol. The van der Waals surface area contributed by atoms with Crippen LogP contribution in [0.3, 0.4) is 0 Å². The summed E-state index contributed by atoms with van der Waals surface area (Å²) in [5.41, 5.74) is 0. The Morgan fingerprint density at radius 1 is 0.680 bits per heavy atom. The average molecular weight is 367 g/mol. The lowest BCUT2D eigenvalue weighted by atomic mass is 10.2. The van der Waals surface area contributed by atoms with Crippen LogP contribution >= 0.6 is 0 Å². The molecule has 0 heterocycles. The first kappa shape index (κ1) is 23.6. The van der Waals surface area contributed by atoms with Gasteiger partial charge in [0.2, 0.25) is 0 Å². The third kappa shape index (κ3) is 22.6. The molecule has 0 saturated carbocycles. The van der Waals surface area contributed by atoms with Crippen LogP contribution in [0.1, 0.15) is 58.3 Å². The Morgan fingerprint density at radius 3 is 1.56 bits per heavy atom. The largest absolute Gasteiger partial charge is 0.270 e. The van der Waals surface area contributed by atoms with E-state index >= 15 is 0 Å². The normalized spacial score (nSPS) is 13.5. The molecule has 3 nitrogen and oxygen atoms in total. The summed E-state index contributed by atoms with van der Waals surface area (Å²) < 4.78 is 26.2. The van der Waals surface area contributed by atoms with Gasteiger partial charge in [-0.25, -0.2) is 0 Å². The highest BCUT2D eigenvalue weighted by Gasteiger charge is 1.99. The predicted molar refractivity (Wildman–Crippen MR) is 109 cm³/mol. The Kier molecular flexibility index (Phi) is 16.5. The van der Waals surface area contributed by atoms with Gasteiger partial charge in [0.05, 0.1) is 12.9 Å². The molecule has 25 heavy (non-hydrogen) atoms. The van der Waals surface area contributed by atoms with Gasteiger partial charge >= 0.3 is 0 Å². The Labute approximate surface area is 155 Å². The van der Waals surface area contributed by atoms with Crippen molar-refractivity contribution in [1.82, 2.24) is 0 Å². The maximum atomic E-state index is 10.8. The molecular formula is C21H34O3S. The van der Waals surface area contributed by atoms with Crippen LogP contribution in [0, 0.1) is 0 Å². The molecule has 0 saturated heterocycles. The molecule has 0 aliphatic rings. The van der Waals surface area contributed by atoms with Crippen molar-refractivity contribution in [3.05, 3.63) is 60.8 Å². The fourth-order valence-corrected chi connectivity index (χ4v) is 2.36. The summed E-state index contributed by atoms with van der Waals surface area (Å²) in [4.78, 5) is 0. The van der Waals surface area contributed by atoms with E-state index in [9.17, 15) is 8.42 Å². The second kappa shape index (κ2) is 17.4. The first-order valence-electron chi connectivity index (χ1n) is 9.15. The standard InChI is InChI=1S/C21H34O3S/c1-3-4-5-6-7-8-9-10-11-12-13-14-15-16-17-18-19-20-21-24-25(2,22)23/h4-5,7-8,10-11,13-14,16-17H,3,6,9,12,15,18-21H2,1-2H3. The van der Waals surface area contributed by atoms with Gasteiger partial charge in [0.25, 0.3) is 10.1 Å². The average Bonchev–Trinajstić information content (AvgIpc) is 2.56.